The van der Waals surface area contributed by atoms with Crippen molar-refractivity contribution in [3.63, 3.8) is 0 Å². The molecule has 64 valence electrons. The normalized spacial score (nSPS) is 34.6. The molecule has 1 aliphatic heterocycles. The highest BCUT2D eigenvalue weighted by atomic mass is 15.4. The summed E-state index contributed by atoms with van der Waals surface area (Å²) in [4.78, 5) is 2.67. The van der Waals surface area contributed by atoms with Gasteiger partial charge in [-0.1, -0.05) is 19.3 Å². The fourth-order valence-corrected chi connectivity index (χ4v) is 2.67. The molecule has 1 aliphatic carbocycles. The molecule has 11 heavy (non-hydrogen) atoms. The van der Waals surface area contributed by atoms with Crippen LogP contribution in [0.2, 0.25) is 0 Å². The quantitative estimate of drug-likeness (QED) is 0.523. The predicted molar refractivity (Wildman–Crippen MR) is 47.7 cm³/mol. The van der Waals surface area contributed by atoms with Crippen LogP contribution in [0.5, 0.6) is 0 Å². The van der Waals surface area contributed by atoms with Crippen molar-refractivity contribution < 1.29 is 0 Å². The topological polar surface area (TPSA) is 3.01 Å². The summed E-state index contributed by atoms with van der Waals surface area (Å²) >= 11 is 0. The molecule has 2 fully saturated rings. The van der Waals surface area contributed by atoms with Crippen molar-refractivity contribution in [1.82, 2.24) is 4.90 Å². The van der Waals surface area contributed by atoms with Crippen LogP contribution >= 0.6 is 0 Å². The van der Waals surface area contributed by atoms with Crippen molar-refractivity contribution >= 4 is 0 Å². The van der Waals surface area contributed by atoms with E-state index in [1.165, 1.54) is 38.6 Å². The molecule has 0 aromatic rings. The van der Waals surface area contributed by atoms with Gasteiger partial charge >= 0.3 is 0 Å². The lowest BCUT2D eigenvalue weighted by Gasteiger charge is -2.24. The Bertz CT molecular complexity index is 145. The lowest BCUT2D eigenvalue weighted by Crippen LogP contribution is -2.25. The molecule has 0 radical (unpaired) electrons. The van der Waals surface area contributed by atoms with E-state index in [0.29, 0.717) is 5.54 Å². The summed E-state index contributed by atoms with van der Waals surface area (Å²) in [5.74, 6) is 0. The molecule has 1 heteroatoms. The number of nitrogens with zero attached hydrogens (tertiary/aromatic N) is 1. The van der Waals surface area contributed by atoms with Crippen LogP contribution in [0.4, 0.5) is 0 Å². The Morgan fingerprint density at radius 2 is 1.73 bits per heavy atom. The van der Waals surface area contributed by atoms with Crippen LogP contribution in [0.15, 0.2) is 0 Å². The Hall–Kier alpha value is -0.0400. The molecule has 1 heterocycles. The van der Waals surface area contributed by atoms with Gasteiger partial charge in [-0.2, -0.15) is 0 Å². The molecule has 1 unspecified atom stereocenters. The molecule has 1 spiro atoms. The first kappa shape index (κ1) is 7.60. The Morgan fingerprint density at radius 1 is 1.09 bits per heavy atom. The molecule has 0 amide bonds. The second kappa shape index (κ2) is 2.48. The Labute approximate surface area is 69.8 Å². The molecule has 0 N–H and O–H groups in total. The largest absolute Gasteiger partial charge is 0.292 e. The molecule has 1 atom stereocenters. The Morgan fingerprint density at radius 3 is 2.18 bits per heavy atom. The SMILES string of the molecule is CC(C)N1CC12CCCCC2. The maximum atomic E-state index is 2.67. The van der Waals surface area contributed by atoms with Gasteiger partial charge in [-0.15, -0.1) is 0 Å². The van der Waals surface area contributed by atoms with Gasteiger partial charge in [0.25, 0.3) is 0 Å². The van der Waals surface area contributed by atoms with E-state index in [9.17, 15) is 0 Å². The number of hydrogen-bond acceptors (Lipinski definition) is 1. The third-order valence-electron chi connectivity index (χ3n) is 3.38. The van der Waals surface area contributed by atoms with Gasteiger partial charge in [-0.3, -0.25) is 4.90 Å². The highest BCUT2D eigenvalue weighted by Gasteiger charge is 2.52. The predicted octanol–water partition coefficient (Wildman–Crippen LogP) is 2.41. The fraction of sp³-hybridized carbons (Fsp3) is 1.00. The summed E-state index contributed by atoms with van der Waals surface area (Å²) < 4.78 is 0. The van der Waals surface area contributed by atoms with Gasteiger partial charge < -0.3 is 0 Å². The second-order valence-corrected chi connectivity index (χ2v) is 4.51. The van der Waals surface area contributed by atoms with E-state index < -0.39 is 0 Å². The van der Waals surface area contributed by atoms with Gasteiger partial charge in [0, 0.05) is 18.1 Å². The van der Waals surface area contributed by atoms with Crippen molar-refractivity contribution in [3.8, 4) is 0 Å². The van der Waals surface area contributed by atoms with Gasteiger partial charge in [0.2, 0.25) is 0 Å². The summed E-state index contributed by atoms with van der Waals surface area (Å²) in [6.07, 6.45) is 7.39. The molecule has 2 aliphatic rings. The average molecular weight is 153 g/mol. The summed E-state index contributed by atoms with van der Waals surface area (Å²) in [5, 5.41) is 0. The van der Waals surface area contributed by atoms with Gasteiger partial charge in [0.15, 0.2) is 0 Å². The highest BCUT2D eigenvalue weighted by molar-refractivity contribution is 5.09. The van der Waals surface area contributed by atoms with E-state index in [0.717, 1.165) is 6.04 Å². The zero-order chi connectivity index (χ0) is 7.90. The average Bonchev–Trinajstić information content (AvgIpc) is 2.66. The lowest BCUT2D eigenvalue weighted by atomic mass is 9.89. The molecule has 0 aromatic heterocycles. The molecule has 2 rings (SSSR count). The van der Waals surface area contributed by atoms with Crippen LogP contribution in [-0.4, -0.2) is 23.0 Å². The molecule has 1 saturated carbocycles. The van der Waals surface area contributed by atoms with E-state index in [1.54, 1.807) is 0 Å². The Kier molecular flexibility index (Phi) is 1.71. The van der Waals surface area contributed by atoms with Gasteiger partial charge in [0.05, 0.1) is 0 Å². The van der Waals surface area contributed by atoms with E-state index >= 15 is 0 Å². The molecular weight excluding hydrogens is 134 g/mol. The monoisotopic (exact) mass is 153 g/mol. The zero-order valence-electron chi connectivity index (χ0n) is 7.77. The van der Waals surface area contributed by atoms with Crippen molar-refractivity contribution in [3.05, 3.63) is 0 Å². The van der Waals surface area contributed by atoms with E-state index in [1.807, 2.05) is 0 Å². The summed E-state index contributed by atoms with van der Waals surface area (Å²) in [7, 11) is 0. The molecular formula is C10H19N. The zero-order valence-corrected chi connectivity index (χ0v) is 7.77. The molecule has 0 aromatic carbocycles. The van der Waals surface area contributed by atoms with Gasteiger partial charge in [0.1, 0.15) is 0 Å². The van der Waals surface area contributed by atoms with Crippen LogP contribution in [0.25, 0.3) is 0 Å². The lowest BCUT2D eigenvalue weighted by molar-refractivity contribution is 0.279. The molecule has 1 saturated heterocycles. The summed E-state index contributed by atoms with van der Waals surface area (Å²) in [6, 6.07) is 0.785. The minimum absolute atomic E-state index is 0.701. The van der Waals surface area contributed by atoms with Crippen molar-refractivity contribution in [2.45, 2.75) is 57.5 Å². The van der Waals surface area contributed by atoms with Crippen molar-refractivity contribution in [1.29, 1.82) is 0 Å². The third kappa shape index (κ3) is 1.20. The second-order valence-electron chi connectivity index (χ2n) is 4.51. The van der Waals surface area contributed by atoms with E-state index in [2.05, 4.69) is 18.7 Å². The van der Waals surface area contributed by atoms with Gasteiger partial charge in [-0.05, 0) is 26.7 Å². The molecule has 0 bridgehead atoms. The summed E-state index contributed by atoms with van der Waals surface area (Å²) in [5.41, 5.74) is 0.701. The van der Waals surface area contributed by atoms with Crippen LogP contribution in [0.3, 0.4) is 0 Å². The molecule has 1 nitrogen and oxygen atoms in total. The van der Waals surface area contributed by atoms with Crippen LogP contribution in [0, 0.1) is 0 Å². The summed E-state index contributed by atoms with van der Waals surface area (Å²) in [6.45, 7) is 6.04. The number of hydrogen-bond donors (Lipinski definition) is 0. The van der Waals surface area contributed by atoms with Crippen LogP contribution in [-0.2, 0) is 0 Å². The first-order chi connectivity index (χ1) is 5.25. The fourth-order valence-electron chi connectivity index (χ4n) is 2.67. The maximum absolute atomic E-state index is 2.67. The first-order valence-corrected chi connectivity index (χ1v) is 5.01. The minimum atomic E-state index is 0.701. The maximum Gasteiger partial charge on any atom is 0.0340 e. The number of rotatable bonds is 1. The van der Waals surface area contributed by atoms with Gasteiger partial charge in [-0.25, -0.2) is 0 Å². The first-order valence-electron chi connectivity index (χ1n) is 5.01. The van der Waals surface area contributed by atoms with Crippen LogP contribution in [0.1, 0.15) is 46.0 Å². The smallest absolute Gasteiger partial charge is 0.0340 e. The Balaban J connectivity index is 1.93. The highest BCUT2D eigenvalue weighted by Crippen LogP contribution is 2.46. The standard InChI is InChI=1S/C10H19N/c1-9(2)11-8-10(11)6-4-3-5-7-10/h9H,3-8H2,1-2H3. The van der Waals surface area contributed by atoms with E-state index in [-0.39, 0.29) is 0 Å². The van der Waals surface area contributed by atoms with Crippen LogP contribution < -0.4 is 0 Å². The van der Waals surface area contributed by atoms with E-state index in [4.69, 9.17) is 0 Å². The third-order valence-corrected chi connectivity index (χ3v) is 3.38. The van der Waals surface area contributed by atoms with Crippen molar-refractivity contribution in [2.75, 3.05) is 6.54 Å². The van der Waals surface area contributed by atoms with Crippen molar-refractivity contribution in [2.24, 2.45) is 0 Å². The minimum Gasteiger partial charge on any atom is -0.292 e.